The highest BCUT2D eigenvalue weighted by Gasteiger charge is 2.38. The molecule has 0 aliphatic carbocycles. The minimum absolute atomic E-state index is 0.0359. The van der Waals surface area contributed by atoms with Crippen molar-refractivity contribution in [1.82, 2.24) is 20.5 Å². The van der Waals surface area contributed by atoms with E-state index < -0.39 is 24.3 Å². The van der Waals surface area contributed by atoms with Gasteiger partial charge in [-0.3, -0.25) is 9.59 Å². The Balaban J connectivity index is 0.000000780. The molecule has 0 saturated heterocycles. The number of carboxylic acids is 2. The second-order valence-corrected chi connectivity index (χ2v) is 13.8. The molecule has 0 bridgehead atoms. The summed E-state index contributed by atoms with van der Waals surface area (Å²) < 4.78 is 64.3. The number of hydrogen-bond acceptors (Lipinski definition) is 8. The maximum absolute atomic E-state index is 12.4. The molecule has 3 aromatic rings. The molecule has 0 saturated carbocycles. The number of aromatic nitrogens is 1. The molecule has 0 aliphatic heterocycles. The van der Waals surface area contributed by atoms with Crippen LogP contribution in [-0.2, 0) is 27.2 Å². The highest BCUT2D eigenvalue weighted by atomic mass is 35.5. The minimum Gasteiger partial charge on any atom is -0.506 e. The second kappa shape index (κ2) is 20.5. The normalized spacial score (nSPS) is 11.8. The van der Waals surface area contributed by atoms with E-state index in [0.717, 1.165) is 59.8 Å². The third-order valence-electron chi connectivity index (χ3n) is 6.37. The van der Waals surface area contributed by atoms with Crippen LogP contribution in [0.1, 0.15) is 38.3 Å². The van der Waals surface area contributed by atoms with Crippen molar-refractivity contribution in [2.75, 3.05) is 39.3 Å². The monoisotopic (exact) mass is 794 g/mol. The fourth-order valence-corrected chi connectivity index (χ4v) is 5.40. The van der Waals surface area contributed by atoms with Gasteiger partial charge in [-0.25, -0.2) is 9.59 Å². The van der Waals surface area contributed by atoms with Gasteiger partial charge >= 0.3 is 29.2 Å². The Morgan fingerprint density at radius 2 is 1.45 bits per heavy atom. The number of nitrogens with zero attached hydrogens (tertiary/aromatic N) is 1. The largest absolute Gasteiger partial charge is 0.506 e. The molecule has 1 heterocycles. The minimum atomic E-state index is -5.08. The third-order valence-corrected chi connectivity index (χ3v) is 8.07. The van der Waals surface area contributed by atoms with Crippen molar-refractivity contribution in [3.63, 3.8) is 0 Å². The van der Waals surface area contributed by atoms with Crippen LogP contribution in [0, 0.1) is 5.41 Å². The van der Waals surface area contributed by atoms with E-state index >= 15 is 0 Å². The van der Waals surface area contributed by atoms with Crippen LogP contribution in [0.25, 0.3) is 10.2 Å². The van der Waals surface area contributed by atoms with Crippen LogP contribution in [0.3, 0.4) is 0 Å². The van der Waals surface area contributed by atoms with Crippen LogP contribution in [0.4, 0.5) is 26.3 Å². The van der Waals surface area contributed by atoms with Crippen LogP contribution in [0.15, 0.2) is 35.1 Å². The van der Waals surface area contributed by atoms with Crippen LogP contribution in [0.2, 0.25) is 10.0 Å². The molecule has 6 N–H and O–H groups in total. The van der Waals surface area contributed by atoms with Gasteiger partial charge in [0.05, 0.1) is 14.7 Å². The predicted octanol–water partition coefficient (Wildman–Crippen LogP) is 6.10. The highest BCUT2D eigenvalue weighted by molar-refractivity contribution is 7.16. The molecule has 51 heavy (non-hydrogen) atoms. The number of H-pyrrole nitrogens is 1. The number of alkyl halides is 6. The summed E-state index contributed by atoms with van der Waals surface area (Å²) in [5, 5.41) is 31.7. The molecule has 0 fully saturated rings. The van der Waals surface area contributed by atoms with Crippen LogP contribution in [0.5, 0.6) is 5.75 Å². The fourth-order valence-electron chi connectivity index (χ4n) is 4.19. The molecule has 1 amide bonds. The Labute approximate surface area is 302 Å². The molecule has 0 aliphatic rings. The highest BCUT2D eigenvalue weighted by Crippen LogP contribution is 2.28. The van der Waals surface area contributed by atoms with E-state index in [1.54, 1.807) is 12.1 Å². The number of rotatable bonds is 13. The van der Waals surface area contributed by atoms with Crippen molar-refractivity contribution >= 4 is 62.6 Å². The fraction of sp³-hybridized carbons (Fsp3) is 0.484. The topological polar surface area (TPSA) is 172 Å². The molecule has 11 nitrogen and oxygen atoms in total. The summed E-state index contributed by atoms with van der Waals surface area (Å²) in [5.41, 5.74) is 2.70. The number of fused-ring (bicyclic) bond motifs is 1. The number of carboxylic acid groups (broad SMARTS) is 2. The second-order valence-electron chi connectivity index (χ2n) is 12.0. The number of aromatic hydroxyl groups is 1. The number of thiazole rings is 1. The Bertz CT molecular complexity index is 1640. The summed E-state index contributed by atoms with van der Waals surface area (Å²) in [5.74, 6) is -5.38. The number of carbonyl (C=O) groups is 3. The van der Waals surface area contributed by atoms with Gasteiger partial charge in [-0.1, -0.05) is 67.4 Å². The number of phenols is 1. The first-order chi connectivity index (χ1) is 23.4. The maximum atomic E-state index is 12.4. The molecule has 3 rings (SSSR count). The number of aromatic amines is 1. The molecule has 0 atom stereocenters. The van der Waals surface area contributed by atoms with Crippen molar-refractivity contribution in [2.24, 2.45) is 5.41 Å². The summed E-state index contributed by atoms with van der Waals surface area (Å²) in [6.45, 7) is 11.1. The Kier molecular flexibility index (Phi) is 18.2. The summed E-state index contributed by atoms with van der Waals surface area (Å²) in [6, 6.07) is 9.02. The standard InChI is InChI=1S/C27H36Cl2N4O3S.2C2HF3O2/c1-27(2,3)17-33(14-10-23(35)31-12-8-18-4-6-20(28)21(29)16-18)15-13-30-11-9-19-5-7-22(34)24-25(19)37-26(36)32-24;2*3-2(4,5)1(6)7/h4-7,16,30,34H,8-15,17H2,1-3H3,(H,31,35)(H,32,36);2*(H,6,7). The van der Waals surface area contributed by atoms with Gasteiger partial charge in [0, 0.05) is 39.1 Å². The SMILES string of the molecule is CC(C)(C)CN(CCNCCc1ccc(O)c2[nH]c(=O)sc12)CCC(=O)NCCc1ccc(Cl)c(Cl)c1.O=C(O)C(F)(F)F.O=C(O)C(F)(F)F. The van der Waals surface area contributed by atoms with E-state index in [1.165, 1.54) is 0 Å². The lowest BCUT2D eigenvalue weighted by Gasteiger charge is -2.30. The van der Waals surface area contributed by atoms with Crippen LogP contribution >= 0.6 is 34.5 Å². The Hall–Kier alpha value is -3.58. The van der Waals surface area contributed by atoms with E-state index in [1.807, 2.05) is 18.2 Å². The maximum Gasteiger partial charge on any atom is 0.490 e. The number of aliphatic carboxylic acids is 2. The van der Waals surface area contributed by atoms with Crippen molar-refractivity contribution in [3.8, 4) is 5.75 Å². The van der Waals surface area contributed by atoms with Gasteiger partial charge in [0.15, 0.2) is 0 Å². The number of nitrogens with one attached hydrogen (secondary N) is 3. The smallest absolute Gasteiger partial charge is 0.490 e. The van der Waals surface area contributed by atoms with Crippen molar-refractivity contribution in [2.45, 2.75) is 52.4 Å². The number of halogens is 8. The summed E-state index contributed by atoms with van der Waals surface area (Å²) >= 11 is 13.2. The van der Waals surface area contributed by atoms with E-state index in [9.17, 15) is 41.0 Å². The average molecular weight is 796 g/mol. The van der Waals surface area contributed by atoms with Gasteiger partial charge in [-0.2, -0.15) is 26.3 Å². The van der Waals surface area contributed by atoms with Gasteiger partial charge in [0.2, 0.25) is 5.91 Å². The number of phenolic OH excluding ortho intramolecular Hbond substituents is 1. The lowest BCUT2D eigenvalue weighted by molar-refractivity contribution is -0.193. The van der Waals surface area contributed by atoms with Crippen LogP contribution in [-0.4, -0.2) is 94.7 Å². The summed E-state index contributed by atoms with van der Waals surface area (Å²) in [6.07, 6.45) is -8.27. The zero-order chi connectivity index (χ0) is 39.2. The van der Waals surface area contributed by atoms with E-state index in [-0.39, 0.29) is 21.9 Å². The summed E-state index contributed by atoms with van der Waals surface area (Å²) in [7, 11) is 0. The Morgan fingerprint density at radius 1 is 0.863 bits per heavy atom. The average Bonchev–Trinajstić information content (AvgIpc) is 3.40. The molecule has 286 valence electrons. The zero-order valence-corrected chi connectivity index (χ0v) is 29.9. The first kappa shape index (κ1) is 45.4. The van der Waals surface area contributed by atoms with Crippen molar-refractivity contribution < 1.29 is 56.0 Å². The van der Waals surface area contributed by atoms with E-state index in [4.69, 9.17) is 43.0 Å². The molecule has 2 aromatic carbocycles. The zero-order valence-electron chi connectivity index (χ0n) is 27.6. The van der Waals surface area contributed by atoms with E-state index in [2.05, 4.69) is 41.3 Å². The molecule has 0 spiro atoms. The third kappa shape index (κ3) is 18.5. The molecule has 20 heteroatoms. The predicted molar refractivity (Wildman–Crippen MR) is 182 cm³/mol. The molecule has 0 radical (unpaired) electrons. The van der Waals surface area contributed by atoms with Crippen molar-refractivity contribution in [3.05, 3.63) is 61.2 Å². The van der Waals surface area contributed by atoms with Gasteiger partial charge < -0.3 is 35.8 Å². The quantitative estimate of drug-likeness (QED) is 0.0884. The summed E-state index contributed by atoms with van der Waals surface area (Å²) in [4.78, 5) is 46.8. The first-order valence-electron chi connectivity index (χ1n) is 15.0. The van der Waals surface area contributed by atoms with Crippen LogP contribution < -0.4 is 15.5 Å². The lowest BCUT2D eigenvalue weighted by Crippen LogP contribution is -2.40. The first-order valence-corrected chi connectivity index (χ1v) is 16.6. The van der Waals surface area contributed by atoms with Gasteiger partial charge in [0.1, 0.15) is 11.3 Å². The van der Waals surface area contributed by atoms with Gasteiger partial charge in [0.25, 0.3) is 0 Å². The van der Waals surface area contributed by atoms with Gasteiger partial charge in [-0.05, 0) is 54.1 Å². The van der Waals surface area contributed by atoms with Gasteiger partial charge in [-0.15, -0.1) is 0 Å². The number of carbonyl (C=O) groups excluding carboxylic acids is 1. The molecule has 1 aromatic heterocycles. The van der Waals surface area contributed by atoms with E-state index in [0.29, 0.717) is 41.5 Å². The molecular formula is C31H38Cl2F6N4O7S. The number of amides is 1. The Morgan fingerprint density at radius 3 is 1.98 bits per heavy atom. The van der Waals surface area contributed by atoms with Crippen molar-refractivity contribution in [1.29, 1.82) is 0 Å². The molecule has 0 unspecified atom stereocenters. The number of hydrogen-bond donors (Lipinski definition) is 6. The molecular weight excluding hydrogens is 757 g/mol. The lowest BCUT2D eigenvalue weighted by atomic mass is 9.96. The number of benzene rings is 2.